The van der Waals surface area contributed by atoms with Gasteiger partial charge in [0.25, 0.3) is 5.91 Å². The highest BCUT2D eigenvalue weighted by atomic mass is 35.5. The zero-order valence-corrected chi connectivity index (χ0v) is 15.9. The van der Waals surface area contributed by atoms with Gasteiger partial charge in [0.05, 0.1) is 30.3 Å². The molecule has 1 aromatic carbocycles. The highest BCUT2D eigenvalue weighted by Gasteiger charge is 2.21. The number of halogens is 1. The van der Waals surface area contributed by atoms with E-state index < -0.39 is 0 Å². The molecule has 2 heterocycles. The number of hydrogen-bond acceptors (Lipinski definition) is 6. The van der Waals surface area contributed by atoms with Gasteiger partial charge in [0, 0.05) is 5.02 Å². The zero-order valence-electron chi connectivity index (χ0n) is 14.4. The summed E-state index contributed by atoms with van der Waals surface area (Å²) in [6, 6.07) is 8.55. The van der Waals surface area contributed by atoms with Gasteiger partial charge >= 0.3 is 0 Å². The Morgan fingerprint density at radius 2 is 2.12 bits per heavy atom. The van der Waals surface area contributed by atoms with E-state index in [-0.39, 0.29) is 5.91 Å². The number of hydrogen-bond donors (Lipinski definition) is 1. The Kier molecular flexibility index (Phi) is 5.49. The molecule has 0 radical (unpaired) electrons. The van der Waals surface area contributed by atoms with Crippen LogP contribution in [0.2, 0.25) is 5.02 Å². The van der Waals surface area contributed by atoms with Gasteiger partial charge in [-0.15, -0.1) is 11.8 Å². The number of carbonyl (C=O) groups excluding carboxylic acids is 1. The molecule has 6 nitrogen and oxygen atoms in total. The first-order valence-electron chi connectivity index (χ1n) is 7.65. The van der Waals surface area contributed by atoms with Gasteiger partial charge in [-0.05, 0) is 43.5 Å². The van der Waals surface area contributed by atoms with Gasteiger partial charge in [-0.2, -0.15) is 0 Å². The van der Waals surface area contributed by atoms with E-state index in [4.69, 9.17) is 20.8 Å². The van der Waals surface area contributed by atoms with Crippen molar-refractivity contribution in [1.82, 2.24) is 9.97 Å². The van der Waals surface area contributed by atoms with E-state index in [1.165, 1.54) is 18.9 Å². The molecule has 1 amide bonds. The molecule has 0 aliphatic carbocycles. The molecule has 3 aromatic rings. The molecular formula is C18H16ClN3O3S. The number of ether oxygens (including phenoxy) is 1. The van der Waals surface area contributed by atoms with Crippen molar-refractivity contribution in [1.29, 1.82) is 0 Å². The first-order valence-corrected chi connectivity index (χ1v) is 9.25. The molecule has 2 aromatic heterocycles. The number of furan rings is 1. The fourth-order valence-electron chi connectivity index (χ4n) is 2.43. The van der Waals surface area contributed by atoms with E-state index >= 15 is 0 Å². The molecule has 134 valence electrons. The maximum Gasteiger partial charge on any atom is 0.260 e. The van der Waals surface area contributed by atoms with Crippen LogP contribution >= 0.6 is 23.4 Å². The van der Waals surface area contributed by atoms with E-state index in [2.05, 4.69) is 15.3 Å². The molecule has 0 atom stereocenters. The third-order valence-electron chi connectivity index (χ3n) is 3.63. The van der Waals surface area contributed by atoms with Crippen molar-refractivity contribution in [2.75, 3.05) is 18.7 Å². The van der Waals surface area contributed by atoms with Gasteiger partial charge in [0.1, 0.15) is 10.8 Å². The van der Waals surface area contributed by atoms with E-state index in [0.717, 1.165) is 0 Å². The minimum Gasteiger partial charge on any atom is -0.495 e. The molecular weight excluding hydrogens is 374 g/mol. The largest absolute Gasteiger partial charge is 0.495 e. The minimum absolute atomic E-state index is 0.335. The summed E-state index contributed by atoms with van der Waals surface area (Å²) in [6.45, 7) is 1.76. The summed E-state index contributed by atoms with van der Waals surface area (Å²) in [7, 11) is 1.53. The van der Waals surface area contributed by atoms with Crippen molar-refractivity contribution in [3.8, 4) is 17.3 Å². The molecule has 0 aliphatic rings. The van der Waals surface area contributed by atoms with Crippen LogP contribution < -0.4 is 10.1 Å². The molecule has 8 heteroatoms. The first-order chi connectivity index (χ1) is 12.5. The summed E-state index contributed by atoms with van der Waals surface area (Å²) in [5.41, 5.74) is 1.43. The Morgan fingerprint density at radius 3 is 2.77 bits per heavy atom. The standard InChI is InChI=1S/C18H16ClN3O3S/c1-10-15(17(23)21-12-9-11(19)6-7-13(12)24-2)18(26-3)22-16(20-10)14-5-4-8-25-14/h4-9H,1-3H3,(H,21,23). The number of rotatable bonds is 5. The molecule has 0 saturated heterocycles. The minimum atomic E-state index is -0.335. The van der Waals surface area contributed by atoms with Crippen LogP contribution in [0.5, 0.6) is 5.75 Å². The van der Waals surface area contributed by atoms with Crippen molar-refractivity contribution in [3.63, 3.8) is 0 Å². The lowest BCUT2D eigenvalue weighted by molar-refractivity contribution is 0.102. The van der Waals surface area contributed by atoms with Crippen LogP contribution in [-0.2, 0) is 0 Å². The van der Waals surface area contributed by atoms with Crippen LogP contribution in [0, 0.1) is 6.92 Å². The van der Waals surface area contributed by atoms with Crippen LogP contribution in [0.3, 0.4) is 0 Å². The lowest BCUT2D eigenvalue weighted by Gasteiger charge is -2.13. The lowest BCUT2D eigenvalue weighted by atomic mass is 10.2. The molecule has 0 saturated carbocycles. The molecule has 0 aliphatic heterocycles. The monoisotopic (exact) mass is 389 g/mol. The third-order valence-corrected chi connectivity index (χ3v) is 4.55. The number of benzene rings is 1. The number of nitrogens with zero attached hydrogens (tertiary/aromatic N) is 2. The van der Waals surface area contributed by atoms with Gasteiger partial charge in [-0.3, -0.25) is 4.79 Å². The van der Waals surface area contributed by atoms with Crippen molar-refractivity contribution < 1.29 is 13.9 Å². The number of thioether (sulfide) groups is 1. The van der Waals surface area contributed by atoms with Crippen LogP contribution in [0.25, 0.3) is 11.6 Å². The lowest BCUT2D eigenvalue weighted by Crippen LogP contribution is -2.17. The summed E-state index contributed by atoms with van der Waals surface area (Å²) in [5, 5.41) is 3.87. The van der Waals surface area contributed by atoms with Gasteiger partial charge in [0.2, 0.25) is 0 Å². The van der Waals surface area contributed by atoms with Crippen LogP contribution in [0.1, 0.15) is 16.1 Å². The summed E-state index contributed by atoms with van der Waals surface area (Å²) < 4.78 is 10.6. The Balaban J connectivity index is 1.98. The van der Waals surface area contributed by atoms with Crippen molar-refractivity contribution in [2.45, 2.75) is 11.9 Å². The van der Waals surface area contributed by atoms with Gasteiger partial charge in [-0.1, -0.05) is 11.6 Å². The Labute approximate surface area is 159 Å². The molecule has 0 bridgehead atoms. The van der Waals surface area contributed by atoms with Crippen molar-refractivity contribution in [3.05, 3.63) is 52.9 Å². The smallest absolute Gasteiger partial charge is 0.260 e. The predicted octanol–water partition coefficient (Wildman–Crippen LogP) is 4.68. The van der Waals surface area contributed by atoms with Crippen molar-refractivity contribution >= 4 is 35.0 Å². The highest BCUT2D eigenvalue weighted by molar-refractivity contribution is 7.98. The number of carbonyl (C=O) groups is 1. The predicted molar refractivity (Wildman–Crippen MR) is 102 cm³/mol. The maximum atomic E-state index is 12.9. The third kappa shape index (κ3) is 3.68. The highest BCUT2D eigenvalue weighted by Crippen LogP contribution is 2.30. The van der Waals surface area contributed by atoms with E-state index in [1.807, 2.05) is 6.26 Å². The van der Waals surface area contributed by atoms with Crippen LogP contribution in [-0.4, -0.2) is 29.2 Å². The fraction of sp³-hybridized carbons (Fsp3) is 0.167. The summed E-state index contributed by atoms with van der Waals surface area (Å²) >= 11 is 7.39. The van der Waals surface area contributed by atoms with Crippen LogP contribution in [0.4, 0.5) is 5.69 Å². The normalized spacial score (nSPS) is 10.6. The SMILES string of the molecule is COc1ccc(Cl)cc1NC(=O)c1c(C)nc(-c2ccco2)nc1SC. The van der Waals surface area contributed by atoms with Gasteiger partial charge in [-0.25, -0.2) is 9.97 Å². The van der Waals surface area contributed by atoms with E-state index in [9.17, 15) is 4.79 Å². The molecule has 3 rings (SSSR count). The maximum absolute atomic E-state index is 12.9. The molecule has 0 fully saturated rings. The van der Waals surface area contributed by atoms with E-state index in [1.54, 1.807) is 43.5 Å². The average Bonchev–Trinajstić information content (AvgIpc) is 3.15. The van der Waals surface area contributed by atoms with E-state index in [0.29, 0.717) is 44.3 Å². The molecule has 1 N–H and O–H groups in total. The second-order valence-electron chi connectivity index (χ2n) is 5.29. The molecule has 0 unspecified atom stereocenters. The second kappa shape index (κ2) is 7.80. The quantitative estimate of drug-likeness (QED) is 0.504. The fourth-order valence-corrected chi connectivity index (χ4v) is 3.23. The summed E-state index contributed by atoms with van der Waals surface area (Å²) in [6.07, 6.45) is 3.41. The Morgan fingerprint density at radius 1 is 1.31 bits per heavy atom. The molecule has 26 heavy (non-hydrogen) atoms. The van der Waals surface area contributed by atoms with Crippen molar-refractivity contribution in [2.24, 2.45) is 0 Å². The first kappa shape index (κ1) is 18.3. The number of nitrogens with one attached hydrogen (secondary N) is 1. The number of aromatic nitrogens is 2. The second-order valence-corrected chi connectivity index (χ2v) is 6.52. The van der Waals surface area contributed by atoms with Gasteiger partial charge in [0.15, 0.2) is 11.6 Å². The molecule has 0 spiro atoms. The average molecular weight is 390 g/mol. The topological polar surface area (TPSA) is 77.2 Å². The Bertz CT molecular complexity index is 945. The number of amides is 1. The number of anilines is 1. The number of aryl methyl sites for hydroxylation is 1. The number of methoxy groups -OCH3 is 1. The Hall–Kier alpha value is -2.51. The zero-order chi connectivity index (χ0) is 18.7. The summed E-state index contributed by atoms with van der Waals surface area (Å²) in [5.74, 6) is 1.17. The van der Waals surface area contributed by atoms with Crippen LogP contribution in [0.15, 0.2) is 46.0 Å². The summed E-state index contributed by atoms with van der Waals surface area (Å²) in [4.78, 5) is 21.7. The van der Waals surface area contributed by atoms with Gasteiger partial charge < -0.3 is 14.5 Å².